The normalized spacial score (nSPS) is 19.8. The second kappa shape index (κ2) is 11.7. The van der Waals surface area contributed by atoms with Crippen molar-refractivity contribution in [3.05, 3.63) is 48.0 Å². The first-order valence-corrected chi connectivity index (χ1v) is 12.9. The lowest BCUT2D eigenvalue weighted by Crippen LogP contribution is -2.50. The van der Waals surface area contributed by atoms with Crippen LogP contribution in [-0.2, 0) is 4.79 Å². The van der Waals surface area contributed by atoms with E-state index in [9.17, 15) is 19.5 Å². The van der Waals surface area contributed by atoms with Gasteiger partial charge in [-0.15, -0.1) is 0 Å². The molecule has 38 heavy (non-hydrogen) atoms. The molecule has 1 aliphatic carbocycles. The highest BCUT2D eigenvalue weighted by Gasteiger charge is 2.36. The lowest BCUT2D eigenvalue weighted by atomic mass is 9.99. The maximum absolute atomic E-state index is 13.5. The van der Waals surface area contributed by atoms with E-state index in [2.05, 4.69) is 10.6 Å². The summed E-state index contributed by atoms with van der Waals surface area (Å²) in [5.74, 6) is 0.375. The molecule has 2 aliphatic rings. The molecule has 0 aromatic heterocycles. The number of para-hydroxylation sites is 1. The summed E-state index contributed by atoms with van der Waals surface area (Å²) in [5, 5.41) is 15.6. The Balaban J connectivity index is 1.59. The number of carbonyl (C=O) groups is 3. The van der Waals surface area contributed by atoms with Gasteiger partial charge in [0.2, 0.25) is 5.91 Å². The van der Waals surface area contributed by atoms with Crippen LogP contribution in [0.15, 0.2) is 42.5 Å². The van der Waals surface area contributed by atoms with Gasteiger partial charge in [0.1, 0.15) is 11.9 Å². The van der Waals surface area contributed by atoms with Crippen LogP contribution in [0.4, 0.5) is 16.2 Å². The zero-order valence-electron chi connectivity index (χ0n) is 22.3. The number of ether oxygens (including phenoxy) is 2. The van der Waals surface area contributed by atoms with E-state index < -0.39 is 12.1 Å². The molecule has 1 aliphatic heterocycles. The maximum atomic E-state index is 13.5. The van der Waals surface area contributed by atoms with Crippen molar-refractivity contribution >= 4 is 29.2 Å². The molecule has 4 amide bonds. The second-order valence-electron chi connectivity index (χ2n) is 10.1. The van der Waals surface area contributed by atoms with E-state index in [0.717, 1.165) is 12.8 Å². The molecule has 1 fully saturated rings. The number of aliphatic hydroxyl groups excluding tert-OH is 1. The SMILES string of the molecule is COc1ccc(NC(=O)N(C)C[C@H]2Oc3c(NC(=O)C4CC4)cccc3C(=O)N([C@@H](C)CO)C[C@H]2C)cc1. The van der Waals surface area contributed by atoms with Crippen molar-refractivity contribution in [3.63, 3.8) is 0 Å². The molecule has 2 aromatic rings. The number of methoxy groups -OCH3 is 1. The second-order valence-corrected chi connectivity index (χ2v) is 10.1. The lowest BCUT2D eigenvalue weighted by molar-refractivity contribution is -0.117. The van der Waals surface area contributed by atoms with Gasteiger partial charge >= 0.3 is 6.03 Å². The summed E-state index contributed by atoms with van der Waals surface area (Å²) >= 11 is 0. The third-order valence-electron chi connectivity index (χ3n) is 7.04. The molecule has 10 nitrogen and oxygen atoms in total. The zero-order valence-corrected chi connectivity index (χ0v) is 22.3. The number of hydrogen-bond donors (Lipinski definition) is 3. The van der Waals surface area contributed by atoms with Crippen molar-refractivity contribution < 1.29 is 29.0 Å². The number of benzene rings is 2. The molecule has 0 bridgehead atoms. The molecular weight excluding hydrogens is 488 g/mol. The van der Waals surface area contributed by atoms with Gasteiger partial charge in [-0.2, -0.15) is 0 Å². The Morgan fingerprint density at radius 3 is 2.53 bits per heavy atom. The molecule has 0 saturated heterocycles. The number of rotatable bonds is 8. The number of carbonyl (C=O) groups excluding carboxylic acids is 3. The van der Waals surface area contributed by atoms with Gasteiger partial charge in [-0.1, -0.05) is 13.0 Å². The smallest absolute Gasteiger partial charge is 0.321 e. The molecule has 3 atom stereocenters. The number of likely N-dealkylation sites (N-methyl/N-ethyl adjacent to an activating group) is 1. The van der Waals surface area contributed by atoms with Crippen LogP contribution in [0.5, 0.6) is 11.5 Å². The fraction of sp³-hybridized carbons (Fsp3) is 0.464. The van der Waals surface area contributed by atoms with E-state index >= 15 is 0 Å². The van der Waals surface area contributed by atoms with Crippen LogP contribution in [0.25, 0.3) is 0 Å². The van der Waals surface area contributed by atoms with Crippen LogP contribution < -0.4 is 20.1 Å². The number of nitrogens with one attached hydrogen (secondary N) is 2. The average Bonchev–Trinajstić information content (AvgIpc) is 3.76. The van der Waals surface area contributed by atoms with Gasteiger partial charge in [0.15, 0.2) is 5.75 Å². The fourth-order valence-electron chi connectivity index (χ4n) is 4.39. The van der Waals surface area contributed by atoms with Crippen molar-refractivity contribution in [2.24, 2.45) is 11.8 Å². The highest BCUT2D eigenvalue weighted by atomic mass is 16.5. The summed E-state index contributed by atoms with van der Waals surface area (Å²) < 4.78 is 11.6. The minimum absolute atomic E-state index is 0.0245. The van der Waals surface area contributed by atoms with E-state index in [4.69, 9.17) is 9.47 Å². The third-order valence-corrected chi connectivity index (χ3v) is 7.04. The fourth-order valence-corrected chi connectivity index (χ4v) is 4.39. The monoisotopic (exact) mass is 524 g/mol. The number of nitrogens with zero attached hydrogens (tertiary/aromatic N) is 2. The first-order chi connectivity index (χ1) is 18.2. The summed E-state index contributed by atoms with van der Waals surface area (Å²) in [5.41, 5.74) is 1.35. The predicted molar refractivity (Wildman–Crippen MR) is 144 cm³/mol. The van der Waals surface area contributed by atoms with Gasteiger partial charge in [0, 0.05) is 31.1 Å². The summed E-state index contributed by atoms with van der Waals surface area (Å²) in [6.45, 7) is 4.09. The summed E-state index contributed by atoms with van der Waals surface area (Å²) in [7, 11) is 3.25. The minimum Gasteiger partial charge on any atom is -0.497 e. The van der Waals surface area contributed by atoms with Crippen molar-refractivity contribution in [3.8, 4) is 11.5 Å². The topological polar surface area (TPSA) is 120 Å². The van der Waals surface area contributed by atoms with Crippen LogP contribution in [0, 0.1) is 11.8 Å². The van der Waals surface area contributed by atoms with E-state index in [1.807, 2.05) is 6.92 Å². The Labute approximate surface area is 222 Å². The minimum atomic E-state index is -0.499. The Morgan fingerprint density at radius 1 is 1.18 bits per heavy atom. The number of aliphatic hydroxyl groups is 1. The van der Waals surface area contributed by atoms with E-state index in [1.54, 1.807) is 68.4 Å². The third kappa shape index (κ3) is 6.19. The van der Waals surface area contributed by atoms with Gasteiger partial charge in [0.25, 0.3) is 5.91 Å². The zero-order chi connectivity index (χ0) is 27.4. The Bertz CT molecular complexity index is 1170. The molecule has 0 spiro atoms. The Hall–Kier alpha value is -3.79. The molecule has 0 radical (unpaired) electrons. The van der Waals surface area contributed by atoms with Crippen molar-refractivity contribution in [2.75, 3.05) is 44.5 Å². The number of hydrogen-bond acceptors (Lipinski definition) is 6. The molecule has 4 rings (SSSR count). The van der Waals surface area contributed by atoms with Crippen LogP contribution in [0.1, 0.15) is 37.0 Å². The standard InChI is InChI=1S/C28H36N4O6/c1-17-14-32(18(2)16-33)27(35)22-6-5-7-23(30-26(34)19-8-9-19)25(22)38-24(17)15-31(3)28(36)29-20-10-12-21(37-4)13-11-20/h5-7,10-13,17-19,24,33H,8-9,14-16H2,1-4H3,(H,29,36)(H,30,34)/t17-,18+,24-/m1/s1. The number of fused-ring (bicyclic) bond motifs is 1. The first kappa shape index (κ1) is 27.3. The van der Waals surface area contributed by atoms with E-state index in [0.29, 0.717) is 29.2 Å². The summed E-state index contributed by atoms with van der Waals surface area (Å²) in [6.07, 6.45) is 1.19. The molecule has 204 valence electrons. The van der Waals surface area contributed by atoms with Crippen molar-refractivity contribution in [2.45, 2.75) is 38.8 Å². The van der Waals surface area contributed by atoms with Crippen LogP contribution >= 0.6 is 0 Å². The maximum Gasteiger partial charge on any atom is 0.321 e. The Kier molecular flexibility index (Phi) is 8.41. The van der Waals surface area contributed by atoms with Gasteiger partial charge in [0.05, 0.1) is 37.6 Å². The van der Waals surface area contributed by atoms with Gasteiger partial charge in [-0.25, -0.2) is 4.79 Å². The van der Waals surface area contributed by atoms with Gasteiger partial charge in [-0.05, 0) is 56.2 Å². The van der Waals surface area contributed by atoms with Crippen LogP contribution in [-0.4, -0.2) is 78.8 Å². The number of anilines is 2. The van der Waals surface area contributed by atoms with Gasteiger partial charge in [-0.3, -0.25) is 9.59 Å². The molecular formula is C28H36N4O6. The number of amides is 4. The summed E-state index contributed by atoms with van der Waals surface area (Å²) in [6, 6.07) is 11.4. The molecule has 0 unspecified atom stereocenters. The number of urea groups is 1. The van der Waals surface area contributed by atoms with Crippen LogP contribution in [0.2, 0.25) is 0 Å². The predicted octanol–water partition coefficient (Wildman–Crippen LogP) is 3.43. The highest BCUT2D eigenvalue weighted by Crippen LogP contribution is 2.37. The van der Waals surface area contributed by atoms with Crippen molar-refractivity contribution in [1.82, 2.24) is 9.80 Å². The quantitative estimate of drug-likeness (QED) is 0.487. The molecule has 2 aromatic carbocycles. The first-order valence-electron chi connectivity index (χ1n) is 12.9. The average molecular weight is 525 g/mol. The molecule has 10 heteroatoms. The Morgan fingerprint density at radius 2 is 1.89 bits per heavy atom. The largest absolute Gasteiger partial charge is 0.497 e. The van der Waals surface area contributed by atoms with E-state index in [1.165, 1.54) is 4.90 Å². The van der Waals surface area contributed by atoms with Crippen LogP contribution in [0.3, 0.4) is 0 Å². The molecule has 1 saturated carbocycles. The molecule has 3 N–H and O–H groups in total. The van der Waals surface area contributed by atoms with E-state index in [-0.39, 0.29) is 48.6 Å². The summed E-state index contributed by atoms with van der Waals surface area (Å²) in [4.78, 5) is 42.3. The highest BCUT2D eigenvalue weighted by molar-refractivity contribution is 6.02. The lowest BCUT2D eigenvalue weighted by Gasteiger charge is -2.38. The van der Waals surface area contributed by atoms with Crippen molar-refractivity contribution in [1.29, 1.82) is 0 Å². The molecule has 1 heterocycles. The van der Waals surface area contributed by atoms with Gasteiger partial charge < -0.3 is 35.0 Å².